The molecule has 0 saturated heterocycles. The average Bonchev–Trinajstić information content (AvgIpc) is 2.59. The van der Waals surface area contributed by atoms with Gasteiger partial charge in [-0.1, -0.05) is 20.8 Å². The summed E-state index contributed by atoms with van der Waals surface area (Å²) >= 11 is 0. The van der Waals surface area contributed by atoms with Gasteiger partial charge in [-0.05, 0) is 25.8 Å². The lowest BCUT2D eigenvalue weighted by Gasteiger charge is -2.29. The topological polar surface area (TPSA) is 170 Å². The van der Waals surface area contributed by atoms with Crippen LogP contribution in [0.5, 0.6) is 0 Å². The van der Waals surface area contributed by atoms with Crippen LogP contribution in [0.4, 0.5) is 0 Å². The van der Waals surface area contributed by atoms with Gasteiger partial charge in [-0.3, -0.25) is 13.9 Å². The highest BCUT2D eigenvalue weighted by atomic mass is 31.2. The molecule has 12 heteroatoms. The molecule has 0 aromatic carbocycles. The highest BCUT2D eigenvalue weighted by Crippen LogP contribution is 2.70. The molecule has 10 nitrogen and oxygen atoms in total. The van der Waals surface area contributed by atoms with Crippen LogP contribution >= 0.6 is 15.2 Å². The van der Waals surface area contributed by atoms with E-state index >= 15 is 0 Å². The molecule has 152 valence electrons. The van der Waals surface area contributed by atoms with Gasteiger partial charge in [-0.25, -0.2) is 9.97 Å². The summed E-state index contributed by atoms with van der Waals surface area (Å²) < 4.78 is 21.5. The number of rotatable bonds is 6. The molecule has 26 heavy (non-hydrogen) atoms. The molecule has 1 amide bonds. The molecule has 0 aliphatic carbocycles. The first kappa shape index (κ1) is 27.1. The number of hydrogen-bond donors (Lipinski definition) is 5. The fourth-order valence-electron chi connectivity index (χ4n) is 1.22. The molecular formula is C14H29N3O7P2. The zero-order valence-electron chi connectivity index (χ0n) is 15.4. The van der Waals surface area contributed by atoms with Gasteiger partial charge >= 0.3 is 15.2 Å². The van der Waals surface area contributed by atoms with E-state index in [1.165, 1.54) is 13.3 Å². The monoisotopic (exact) mass is 413 g/mol. The van der Waals surface area contributed by atoms with E-state index in [9.17, 15) is 13.9 Å². The summed E-state index contributed by atoms with van der Waals surface area (Å²) in [4.78, 5) is 50.3. The van der Waals surface area contributed by atoms with Crippen LogP contribution in [0.2, 0.25) is 0 Å². The third-order valence-electron chi connectivity index (χ3n) is 3.30. The van der Waals surface area contributed by atoms with Crippen LogP contribution in [0.25, 0.3) is 0 Å². The number of amides is 1. The first-order valence-corrected chi connectivity index (χ1v) is 11.2. The van der Waals surface area contributed by atoms with Crippen LogP contribution in [-0.2, 0) is 13.9 Å². The average molecular weight is 413 g/mol. The smallest absolute Gasteiger partial charge is 0.343 e. The number of aromatic nitrogens is 2. The largest absolute Gasteiger partial charge is 0.356 e. The van der Waals surface area contributed by atoms with E-state index in [1.54, 1.807) is 18.5 Å². The molecule has 0 radical (unpaired) electrons. The van der Waals surface area contributed by atoms with Crippen LogP contribution < -0.4 is 5.32 Å². The maximum atomic E-state index is 10.7. The van der Waals surface area contributed by atoms with Crippen molar-refractivity contribution in [2.24, 2.45) is 0 Å². The number of nitrogens with one attached hydrogen (secondary N) is 1. The van der Waals surface area contributed by atoms with E-state index in [2.05, 4.69) is 15.3 Å². The minimum atomic E-state index is -4.77. The second-order valence-electron chi connectivity index (χ2n) is 5.27. The lowest BCUT2D eigenvalue weighted by Crippen LogP contribution is -2.23. The van der Waals surface area contributed by atoms with Crippen molar-refractivity contribution in [3.63, 3.8) is 0 Å². The van der Waals surface area contributed by atoms with E-state index in [0.29, 0.717) is 6.42 Å². The predicted molar refractivity (Wildman–Crippen MR) is 98.4 cm³/mol. The van der Waals surface area contributed by atoms with Crippen LogP contribution in [0.15, 0.2) is 24.8 Å². The van der Waals surface area contributed by atoms with E-state index in [4.69, 9.17) is 19.6 Å². The lowest BCUT2D eigenvalue weighted by molar-refractivity contribution is -0.120. The predicted octanol–water partition coefficient (Wildman–Crippen LogP) is 1.87. The summed E-state index contributed by atoms with van der Waals surface area (Å²) in [5.74, 6) is 0.145. The van der Waals surface area contributed by atoms with Crippen molar-refractivity contribution in [2.45, 2.75) is 51.9 Å². The summed E-state index contributed by atoms with van der Waals surface area (Å²) in [5, 5.41) is 2.74. The number of nitrogens with zero attached hydrogens (tertiary/aromatic N) is 2. The Kier molecular flexibility index (Phi) is 13.6. The molecule has 0 spiro atoms. The Morgan fingerprint density at radius 2 is 1.50 bits per heavy atom. The van der Waals surface area contributed by atoms with Crippen LogP contribution in [0.3, 0.4) is 0 Å². The first-order valence-electron chi connectivity index (χ1n) is 7.95. The SMILES string of the molecule is CCC(C)(P(=O)(O)O)P(=O)(O)O.CCCNC(=O)CC.c1cncnc1. The number of hydrogen-bond acceptors (Lipinski definition) is 5. The molecule has 0 atom stereocenters. The van der Waals surface area contributed by atoms with Gasteiger partial charge in [-0.15, -0.1) is 0 Å². The van der Waals surface area contributed by atoms with Gasteiger partial charge in [0.05, 0.1) is 0 Å². The van der Waals surface area contributed by atoms with Gasteiger partial charge < -0.3 is 24.9 Å². The van der Waals surface area contributed by atoms with Crippen molar-refractivity contribution >= 4 is 21.1 Å². The Bertz CT molecular complexity index is 541. The zero-order chi connectivity index (χ0) is 20.9. The number of carbonyl (C=O) groups is 1. The normalized spacial score (nSPS) is 11.4. The van der Waals surface area contributed by atoms with Crippen LogP contribution in [-0.4, -0.2) is 46.9 Å². The molecule has 1 aromatic rings. The Labute approximate surface area is 153 Å². The molecule has 0 aliphatic heterocycles. The molecule has 5 N–H and O–H groups in total. The molecule has 1 aromatic heterocycles. The molecular weight excluding hydrogens is 384 g/mol. The summed E-state index contributed by atoms with van der Waals surface area (Å²) in [7, 11) is -9.54. The lowest BCUT2D eigenvalue weighted by atomic mass is 10.4. The van der Waals surface area contributed by atoms with Crippen molar-refractivity contribution in [1.29, 1.82) is 0 Å². The highest BCUT2D eigenvalue weighted by Gasteiger charge is 2.54. The number of carbonyl (C=O) groups excluding carboxylic acids is 1. The fourth-order valence-corrected chi connectivity index (χ4v) is 3.41. The van der Waals surface area contributed by atoms with Crippen molar-refractivity contribution in [3.8, 4) is 0 Å². The zero-order valence-corrected chi connectivity index (χ0v) is 17.2. The Morgan fingerprint density at radius 3 is 1.65 bits per heavy atom. The van der Waals surface area contributed by atoms with Gasteiger partial charge in [0.2, 0.25) is 5.91 Å². The maximum Gasteiger partial charge on any atom is 0.343 e. The molecule has 0 aliphatic rings. The molecule has 0 fully saturated rings. The van der Waals surface area contributed by atoms with E-state index in [1.807, 2.05) is 13.8 Å². The fraction of sp³-hybridized carbons (Fsp3) is 0.643. The summed E-state index contributed by atoms with van der Waals surface area (Å²) in [6, 6.07) is 1.78. The summed E-state index contributed by atoms with van der Waals surface area (Å²) in [6.45, 7) is 6.90. The minimum absolute atomic E-state index is 0.145. The van der Waals surface area contributed by atoms with Crippen molar-refractivity contribution in [3.05, 3.63) is 24.8 Å². The Morgan fingerprint density at radius 1 is 1.04 bits per heavy atom. The molecule has 1 rings (SSSR count). The maximum absolute atomic E-state index is 10.7. The van der Waals surface area contributed by atoms with E-state index in [-0.39, 0.29) is 12.3 Å². The second-order valence-corrected chi connectivity index (χ2v) is 9.77. The van der Waals surface area contributed by atoms with E-state index < -0.39 is 20.1 Å². The van der Waals surface area contributed by atoms with Gasteiger partial charge in [-0.2, -0.15) is 0 Å². The van der Waals surface area contributed by atoms with Gasteiger partial charge in [0.15, 0.2) is 4.90 Å². The molecule has 0 unspecified atom stereocenters. The summed E-state index contributed by atoms with van der Waals surface area (Å²) in [5.41, 5.74) is 0. The molecule has 0 saturated carbocycles. The molecule has 0 bridgehead atoms. The quantitative estimate of drug-likeness (QED) is 0.437. The van der Waals surface area contributed by atoms with Gasteiger partial charge in [0.1, 0.15) is 6.33 Å². The second kappa shape index (κ2) is 13.1. The van der Waals surface area contributed by atoms with Crippen molar-refractivity contribution in [2.75, 3.05) is 6.54 Å². The highest BCUT2D eigenvalue weighted by molar-refractivity contribution is 7.72. The Hall–Kier alpha value is -1.15. The summed E-state index contributed by atoms with van der Waals surface area (Å²) in [6.07, 6.45) is 6.22. The van der Waals surface area contributed by atoms with Crippen LogP contribution in [0.1, 0.15) is 47.0 Å². The first-order chi connectivity index (χ1) is 11.9. The van der Waals surface area contributed by atoms with Crippen molar-refractivity contribution in [1.82, 2.24) is 15.3 Å². The standard InChI is InChI=1S/C6H13NO.C4H4N2.C4H12O6P2/c1-3-5-7-6(8)4-2;1-2-5-4-6-3-1;1-3-4(2,11(5,6)7)12(8,9)10/h3-5H2,1-2H3,(H,7,8);1-4H;3H2,1-2H3,(H2,5,6,7)(H2,8,9,10). The van der Waals surface area contributed by atoms with Crippen LogP contribution in [0, 0.1) is 0 Å². The third kappa shape index (κ3) is 10.8. The van der Waals surface area contributed by atoms with E-state index in [0.717, 1.165) is 19.9 Å². The van der Waals surface area contributed by atoms with Crippen molar-refractivity contribution < 1.29 is 33.5 Å². The molecule has 1 heterocycles. The van der Waals surface area contributed by atoms with Gasteiger partial charge in [0, 0.05) is 25.4 Å². The minimum Gasteiger partial charge on any atom is -0.356 e. The Balaban J connectivity index is 0. The van der Waals surface area contributed by atoms with Gasteiger partial charge in [0.25, 0.3) is 0 Å². The third-order valence-corrected chi connectivity index (χ3v) is 8.00.